The molecule has 104 valence electrons. The lowest BCUT2D eigenvalue weighted by atomic mass is 10.2. The molecule has 0 saturated carbocycles. The number of benzene rings is 1. The Balaban J connectivity index is 1.82. The van der Waals surface area contributed by atoms with Gasteiger partial charge in [-0.25, -0.2) is 14.5 Å². The molecule has 6 nitrogen and oxygen atoms in total. The van der Waals surface area contributed by atoms with E-state index in [-0.39, 0.29) is 5.97 Å². The molecule has 0 saturated heterocycles. The quantitative estimate of drug-likeness (QED) is 0.590. The van der Waals surface area contributed by atoms with Gasteiger partial charge < -0.3 is 9.47 Å². The fraction of sp³-hybridized carbons (Fsp3) is 0.214. The highest BCUT2D eigenvalue weighted by Crippen LogP contribution is 2.13. The summed E-state index contributed by atoms with van der Waals surface area (Å²) in [5, 5.41) is 3.98. The molecule has 2 aromatic rings. The molecular weight excluding hydrogens is 258 g/mol. The summed E-state index contributed by atoms with van der Waals surface area (Å²) >= 11 is 0. The zero-order valence-electron chi connectivity index (χ0n) is 11.1. The summed E-state index contributed by atoms with van der Waals surface area (Å²) in [4.78, 5) is 14.8. The van der Waals surface area contributed by atoms with E-state index in [4.69, 9.17) is 4.74 Å². The van der Waals surface area contributed by atoms with E-state index >= 15 is 0 Å². The van der Waals surface area contributed by atoms with Crippen LogP contribution in [0, 0.1) is 0 Å². The first-order chi connectivity index (χ1) is 9.78. The molecule has 0 aliphatic carbocycles. The van der Waals surface area contributed by atoms with Gasteiger partial charge in [0, 0.05) is 6.08 Å². The predicted octanol–water partition coefficient (Wildman–Crippen LogP) is 1.54. The molecule has 0 bridgehead atoms. The standard InChI is InChI=1S/C14H15N3O3/c1-19-14(18)7-4-12-2-5-13(6-3-12)20-9-8-17-11-15-10-16-17/h2-7,10-11H,8-9H2,1H3/b7-4+. The number of methoxy groups -OCH3 is 1. The number of esters is 1. The van der Waals surface area contributed by atoms with Crippen LogP contribution in [0.4, 0.5) is 0 Å². The van der Waals surface area contributed by atoms with Crippen LogP contribution in [0.1, 0.15) is 5.56 Å². The van der Waals surface area contributed by atoms with Gasteiger partial charge >= 0.3 is 5.97 Å². The molecule has 2 rings (SSSR count). The Morgan fingerprint density at radius 2 is 2.15 bits per heavy atom. The summed E-state index contributed by atoms with van der Waals surface area (Å²) in [6.45, 7) is 1.16. The van der Waals surface area contributed by atoms with Crippen LogP contribution >= 0.6 is 0 Å². The van der Waals surface area contributed by atoms with Gasteiger partial charge in [-0.15, -0.1) is 0 Å². The first-order valence-corrected chi connectivity index (χ1v) is 6.09. The van der Waals surface area contributed by atoms with E-state index in [1.54, 1.807) is 17.1 Å². The molecule has 0 N–H and O–H groups in total. The van der Waals surface area contributed by atoms with E-state index < -0.39 is 0 Å². The lowest BCUT2D eigenvalue weighted by Gasteiger charge is -2.06. The molecule has 20 heavy (non-hydrogen) atoms. The van der Waals surface area contributed by atoms with Crippen molar-refractivity contribution in [2.24, 2.45) is 0 Å². The molecule has 0 unspecified atom stereocenters. The Morgan fingerprint density at radius 1 is 1.35 bits per heavy atom. The van der Waals surface area contributed by atoms with Crippen molar-refractivity contribution in [2.45, 2.75) is 6.54 Å². The summed E-state index contributed by atoms with van der Waals surface area (Å²) in [6, 6.07) is 7.42. The maximum absolute atomic E-state index is 11.0. The van der Waals surface area contributed by atoms with Crippen LogP contribution < -0.4 is 4.74 Å². The fourth-order valence-corrected chi connectivity index (χ4v) is 1.51. The first-order valence-electron chi connectivity index (χ1n) is 6.09. The van der Waals surface area contributed by atoms with E-state index in [1.807, 2.05) is 24.3 Å². The van der Waals surface area contributed by atoms with Crippen LogP contribution in [0.3, 0.4) is 0 Å². The lowest BCUT2D eigenvalue weighted by Crippen LogP contribution is -2.08. The van der Waals surface area contributed by atoms with Gasteiger partial charge in [-0.1, -0.05) is 12.1 Å². The highest BCUT2D eigenvalue weighted by atomic mass is 16.5. The molecule has 1 heterocycles. The minimum Gasteiger partial charge on any atom is -0.492 e. The minimum absolute atomic E-state index is 0.377. The third-order valence-electron chi connectivity index (χ3n) is 2.55. The van der Waals surface area contributed by atoms with Crippen molar-refractivity contribution in [1.82, 2.24) is 14.8 Å². The molecule has 1 aromatic heterocycles. The Morgan fingerprint density at radius 3 is 2.80 bits per heavy atom. The van der Waals surface area contributed by atoms with E-state index in [2.05, 4.69) is 14.8 Å². The second-order valence-electron chi connectivity index (χ2n) is 3.93. The van der Waals surface area contributed by atoms with Crippen LogP contribution in [0.15, 0.2) is 43.0 Å². The zero-order chi connectivity index (χ0) is 14.2. The van der Waals surface area contributed by atoms with Crippen molar-refractivity contribution in [3.63, 3.8) is 0 Å². The molecule has 0 fully saturated rings. The molecule has 6 heteroatoms. The van der Waals surface area contributed by atoms with Gasteiger partial charge in [0.2, 0.25) is 0 Å². The van der Waals surface area contributed by atoms with Crippen molar-refractivity contribution in [3.05, 3.63) is 48.6 Å². The number of hydrogen-bond acceptors (Lipinski definition) is 5. The maximum Gasteiger partial charge on any atom is 0.330 e. The highest BCUT2D eigenvalue weighted by Gasteiger charge is 1.96. The monoisotopic (exact) mass is 273 g/mol. The van der Waals surface area contributed by atoms with Gasteiger partial charge in [0.25, 0.3) is 0 Å². The third kappa shape index (κ3) is 4.24. The number of hydrogen-bond donors (Lipinski definition) is 0. The second kappa shape index (κ2) is 7.08. The number of carbonyl (C=O) groups is 1. The summed E-state index contributed by atoms with van der Waals surface area (Å²) in [5.74, 6) is 0.387. The van der Waals surface area contributed by atoms with Crippen molar-refractivity contribution in [2.75, 3.05) is 13.7 Å². The van der Waals surface area contributed by atoms with Crippen molar-refractivity contribution in [1.29, 1.82) is 0 Å². The number of nitrogens with zero attached hydrogens (tertiary/aromatic N) is 3. The number of carbonyl (C=O) groups excluding carboxylic acids is 1. The first kappa shape index (κ1) is 13.8. The van der Waals surface area contributed by atoms with E-state index in [9.17, 15) is 4.79 Å². The maximum atomic E-state index is 11.0. The van der Waals surface area contributed by atoms with Crippen LogP contribution in [0.5, 0.6) is 5.75 Å². The van der Waals surface area contributed by atoms with Gasteiger partial charge in [-0.05, 0) is 23.8 Å². The Labute approximate surface area is 116 Å². The van der Waals surface area contributed by atoms with Crippen molar-refractivity contribution < 1.29 is 14.3 Å². The summed E-state index contributed by atoms with van der Waals surface area (Å²) in [7, 11) is 1.35. The van der Waals surface area contributed by atoms with Gasteiger partial charge in [0.05, 0.1) is 13.7 Å². The summed E-state index contributed by atoms with van der Waals surface area (Å²) in [6.07, 6.45) is 6.19. The van der Waals surface area contributed by atoms with Crippen molar-refractivity contribution in [3.8, 4) is 5.75 Å². The largest absolute Gasteiger partial charge is 0.492 e. The topological polar surface area (TPSA) is 66.2 Å². The molecule has 0 spiro atoms. The highest BCUT2D eigenvalue weighted by molar-refractivity contribution is 5.86. The average molecular weight is 273 g/mol. The van der Waals surface area contributed by atoms with Gasteiger partial charge in [0.15, 0.2) is 0 Å². The van der Waals surface area contributed by atoms with Crippen LogP contribution in [-0.4, -0.2) is 34.5 Å². The predicted molar refractivity (Wildman–Crippen MR) is 73.0 cm³/mol. The van der Waals surface area contributed by atoms with E-state index in [0.29, 0.717) is 13.2 Å². The fourth-order valence-electron chi connectivity index (χ4n) is 1.51. The van der Waals surface area contributed by atoms with Crippen LogP contribution in [0.25, 0.3) is 6.08 Å². The Kier molecular flexibility index (Phi) is 4.88. The number of aromatic nitrogens is 3. The SMILES string of the molecule is COC(=O)/C=C/c1ccc(OCCn2cncn2)cc1. The molecule has 0 aliphatic heterocycles. The lowest BCUT2D eigenvalue weighted by molar-refractivity contribution is -0.134. The van der Waals surface area contributed by atoms with Crippen molar-refractivity contribution >= 4 is 12.0 Å². The second-order valence-corrected chi connectivity index (χ2v) is 3.93. The molecule has 0 radical (unpaired) electrons. The number of rotatable bonds is 6. The zero-order valence-corrected chi connectivity index (χ0v) is 11.1. The van der Waals surface area contributed by atoms with Gasteiger partial charge in [-0.2, -0.15) is 5.10 Å². The molecule has 0 aliphatic rings. The normalized spacial score (nSPS) is 10.7. The van der Waals surface area contributed by atoms with Crippen LogP contribution in [0.2, 0.25) is 0 Å². The van der Waals surface area contributed by atoms with Gasteiger partial charge in [0.1, 0.15) is 25.0 Å². The Bertz CT molecular complexity index is 562. The molecule has 0 atom stereocenters. The smallest absolute Gasteiger partial charge is 0.330 e. The molecule has 1 aromatic carbocycles. The molecule has 0 amide bonds. The summed E-state index contributed by atoms with van der Waals surface area (Å²) in [5.41, 5.74) is 0.902. The molecular formula is C14H15N3O3. The van der Waals surface area contributed by atoms with Gasteiger partial charge in [-0.3, -0.25) is 0 Å². The minimum atomic E-state index is -0.377. The Hall–Kier alpha value is -2.63. The number of ether oxygens (including phenoxy) is 2. The third-order valence-corrected chi connectivity index (χ3v) is 2.55. The van der Waals surface area contributed by atoms with E-state index in [0.717, 1.165) is 11.3 Å². The average Bonchev–Trinajstić information content (AvgIpc) is 2.99. The van der Waals surface area contributed by atoms with Crippen LogP contribution in [-0.2, 0) is 16.1 Å². The summed E-state index contributed by atoms with van der Waals surface area (Å²) < 4.78 is 11.8. The van der Waals surface area contributed by atoms with E-state index in [1.165, 1.54) is 19.5 Å².